The summed E-state index contributed by atoms with van der Waals surface area (Å²) in [5.41, 5.74) is 0.862. The molecule has 2 atom stereocenters. The molecular formula is C9H16N2OS. The smallest absolute Gasteiger partial charge is 0.0942 e. The molecule has 0 spiro atoms. The average Bonchev–Trinajstić information content (AvgIpc) is 2.50. The Morgan fingerprint density at radius 1 is 1.54 bits per heavy atom. The first-order valence-electron chi connectivity index (χ1n) is 4.63. The number of aliphatic hydroxyl groups is 1. The first kappa shape index (κ1) is 10.6. The number of hydrogen-bond acceptors (Lipinski definition) is 4. The Hall–Kier alpha value is -0.480. The predicted molar refractivity (Wildman–Crippen MR) is 53.7 cm³/mol. The normalized spacial score (nSPS) is 15.7. The molecule has 4 heteroatoms. The van der Waals surface area contributed by atoms with E-state index in [-0.39, 0.29) is 6.10 Å². The van der Waals surface area contributed by atoms with E-state index in [2.05, 4.69) is 23.4 Å². The summed E-state index contributed by atoms with van der Waals surface area (Å²) in [6.07, 6.45) is 1.75. The van der Waals surface area contributed by atoms with Crippen LogP contribution in [-0.2, 0) is 0 Å². The molecule has 0 amide bonds. The number of hydrogen-bond donors (Lipinski definition) is 1. The minimum atomic E-state index is -0.389. The zero-order valence-corrected chi connectivity index (χ0v) is 9.14. The third kappa shape index (κ3) is 2.48. The lowest BCUT2D eigenvalue weighted by Crippen LogP contribution is -2.08. The fourth-order valence-electron chi connectivity index (χ4n) is 1.38. The monoisotopic (exact) mass is 200 g/mol. The van der Waals surface area contributed by atoms with Crippen LogP contribution < -0.4 is 0 Å². The fraction of sp³-hybridized carbons (Fsp3) is 0.778. The van der Waals surface area contributed by atoms with Crippen molar-refractivity contribution in [2.24, 2.45) is 5.92 Å². The number of rotatable bonds is 4. The Balaban J connectivity index is 2.67. The van der Waals surface area contributed by atoms with Crippen LogP contribution in [0.15, 0.2) is 0 Å². The summed E-state index contributed by atoms with van der Waals surface area (Å²) in [4.78, 5) is 0.918. The number of nitrogens with zero attached hydrogens (tertiary/aromatic N) is 2. The van der Waals surface area contributed by atoms with Gasteiger partial charge in [-0.05, 0) is 30.8 Å². The van der Waals surface area contributed by atoms with Crippen molar-refractivity contribution in [1.29, 1.82) is 0 Å². The zero-order chi connectivity index (χ0) is 9.84. The lowest BCUT2D eigenvalue weighted by molar-refractivity contribution is 0.115. The molecule has 1 rings (SSSR count). The first-order chi connectivity index (χ1) is 6.16. The number of aryl methyl sites for hydroxylation is 1. The SMILES string of the molecule is CCCC(C)C(O)c1snnc1C. The Morgan fingerprint density at radius 2 is 2.23 bits per heavy atom. The van der Waals surface area contributed by atoms with Gasteiger partial charge in [-0.1, -0.05) is 24.8 Å². The highest BCUT2D eigenvalue weighted by Crippen LogP contribution is 2.28. The van der Waals surface area contributed by atoms with Gasteiger partial charge < -0.3 is 5.11 Å². The van der Waals surface area contributed by atoms with Gasteiger partial charge in [0, 0.05) is 0 Å². The summed E-state index contributed by atoms with van der Waals surface area (Å²) >= 11 is 1.30. The van der Waals surface area contributed by atoms with Gasteiger partial charge in [0.15, 0.2) is 0 Å². The van der Waals surface area contributed by atoms with Crippen LogP contribution in [0, 0.1) is 12.8 Å². The van der Waals surface area contributed by atoms with E-state index in [0.717, 1.165) is 23.4 Å². The van der Waals surface area contributed by atoms with E-state index in [9.17, 15) is 5.11 Å². The van der Waals surface area contributed by atoms with E-state index < -0.39 is 0 Å². The maximum Gasteiger partial charge on any atom is 0.0942 e. The third-order valence-corrected chi connectivity index (χ3v) is 3.14. The molecular weight excluding hydrogens is 184 g/mol. The van der Waals surface area contributed by atoms with E-state index >= 15 is 0 Å². The largest absolute Gasteiger partial charge is 0.387 e. The van der Waals surface area contributed by atoms with Crippen molar-refractivity contribution in [1.82, 2.24) is 9.59 Å². The lowest BCUT2D eigenvalue weighted by atomic mass is 9.98. The molecule has 13 heavy (non-hydrogen) atoms. The molecule has 0 aliphatic rings. The number of aromatic nitrogens is 2. The fourth-order valence-corrected chi connectivity index (χ4v) is 2.15. The molecule has 0 aromatic carbocycles. The molecule has 1 heterocycles. The molecule has 0 bridgehead atoms. The molecule has 74 valence electrons. The highest BCUT2D eigenvalue weighted by molar-refractivity contribution is 7.05. The van der Waals surface area contributed by atoms with Gasteiger partial charge in [0.2, 0.25) is 0 Å². The van der Waals surface area contributed by atoms with Crippen LogP contribution in [-0.4, -0.2) is 14.7 Å². The summed E-state index contributed by atoms with van der Waals surface area (Å²) in [5, 5.41) is 13.8. The van der Waals surface area contributed by atoms with Gasteiger partial charge in [-0.25, -0.2) is 0 Å². The summed E-state index contributed by atoms with van der Waals surface area (Å²) in [7, 11) is 0. The Morgan fingerprint density at radius 3 is 2.69 bits per heavy atom. The van der Waals surface area contributed by atoms with Gasteiger partial charge in [0.1, 0.15) is 0 Å². The van der Waals surface area contributed by atoms with E-state index in [4.69, 9.17) is 0 Å². The molecule has 0 saturated heterocycles. The highest BCUT2D eigenvalue weighted by Gasteiger charge is 2.19. The maximum atomic E-state index is 9.92. The van der Waals surface area contributed by atoms with Crippen molar-refractivity contribution in [2.45, 2.75) is 39.7 Å². The molecule has 0 aliphatic carbocycles. The van der Waals surface area contributed by atoms with Crippen LogP contribution in [0.25, 0.3) is 0 Å². The summed E-state index contributed by atoms with van der Waals surface area (Å²) in [5.74, 6) is 0.297. The summed E-state index contributed by atoms with van der Waals surface area (Å²) in [6.45, 7) is 6.08. The van der Waals surface area contributed by atoms with Crippen LogP contribution in [0.4, 0.5) is 0 Å². The quantitative estimate of drug-likeness (QED) is 0.811. The molecule has 0 aliphatic heterocycles. The van der Waals surface area contributed by atoms with Crippen LogP contribution >= 0.6 is 11.5 Å². The minimum absolute atomic E-state index is 0.297. The number of aliphatic hydroxyl groups excluding tert-OH is 1. The second-order valence-corrected chi connectivity index (χ2v) is 4.22. The maximum absolute atomic E-state index is 9.92. The average molecular weight is 200 g/mol. The third-order valence-electron chi connectivity index (χ3n) is 2.24. The van der Waals surface area contributed by atoms with Crippen LogP contribution in [0.3, 0.4) is 0 Å². The standard InChI is InChI=1S/C9H16N2OS/c1-4-5-6(2)8(12)9-7(3)10-11-13-9/h6,8,12H,4-5H2,1-3H3. The van der Waals surface area contributed by atoms with Crippen LogP contribution in [0.5, 0.6) is 0 Å². The second-order valence-electron chi connectivity index (χ2n) is 3.43. The second kappa shape index (κ2) is 4.67. The van der Waals surface area contributed by atoms with E-state index in [1.807, 2.05) is 6.92 Å². The van der Waals surface area contributed by atoms with Gasteiger partial charge in [0.25, 0.3) is 0 Å². The van der Waals surface area contributed by atoms with Gasteiger partial charge in [-0.2, -0.15) is 0 Å². The zero-order valence-electron chi connectivity index (χ0n) is 8.32. The van der Waals surface area contributed by atoms with E-state index in [0.29, 0.717) is 5.92 Å². The van der Waals surface area contributed by atoms with Crippen molar-refractivity contribution in [3.05, 3.63) is 10.6 Å². The van der Waals surface area contributed by atoms with Crippen molar-refractivity contribution in [3.63, 3.8) is 0 Å². The van der Waals surface area contributed by atoms with Gasteiger partial charge >= 0.3 is 0 Å². The van der Waals surface area contributed by atoms with Crippen molar-refractivity contribution in [3.8, 4) is 0 Å². The molecule has 0 radical (unpaired) electrons. The molecule has 1 N–H and O–H groups in total. The summed E-state index contributed by atoms with van der Waals surface area (Å²) < 4.78 is 3.82. The van der Waals surface area contributed by atoms with Crippen molar-refractivity contribution in [2.75, 3.05) is 0 Å². The van der Waals surface area contributed by atoms with Crippen LogP contribution in [0.2, 0.25) is 0 Å². The Bertz CT molecular complexity index is 262. The van der Waals surface area contributed by atoms with Gasteiger partial charge in [0.05, 0.1) is 16.7 Å². The molecule has 3 nitrogen and oxygen atoms in total. The highest BCUT2D eigenvalue weighted by atomic mass is 32.1. The molecule has 0 fully saturated rings. The summed E-state index contributed by atoms with van der Waals surface area (Å²) in [6, 6.07) is 0. The molecule has 1 aromatic heterocycles. The Kier molecular flexibility index (Phi) is 3.81. The van der Waals surface area contributed by atoms with Crippen molar-refractivity contribution < 1.29 is 5.11 Å². The molecule has 1 aromatic rings. The van der Waals surface area contributed by atoms with Gasteiger partial charge in [-0.3, -0.25) is 0 Å². The van der Waals surface area contributed by atoms with Crippen molar-refractivity contribution >= 4 is 11.5 Å². The lowest BCUT2D eigenvalue weighted by Gasteiger charge is -2.16. The van der Waals surface area contributed by atoms with Crippen LogP contribution in [0.1, 0.15) is 43.4 Å². The first-order valence-corrected chi connectivity index (χ1v) is 5.41. The van der Waals surface area contributed by atoms with E-state index in [1.54, 1.807) is 0 Å². The topological polar surface area (TPSA) is 46.0 Å². The minimum Gasteiger partial charge on any atom is -0.387 e. The Labute approximate surface area is 83.0 Å². The molecule has 0 saturated carbocycles. The van der Waals surface area contributed by atoms with Gasteiger partial charge in [-0.15, -0.1) is 5.10 Å². The molecule has 2 unspecified atom stereocenters. The predicted octanol–water partition coefficient (Wildman–Crippen LogP) is 2.32. The van der Waals surface area contributed by atoms with E-state index in [1.165, 1.54) is 11.5 Å².